The number of aromatic nitrogens is 4. The summed E-state index contributed by atoms with van der Waals surface area (Å²) < 4.78 is 15.0. The number of methoxy groups -OCH3 is 3. The summed E-state index contributed by atoms with van der Waals surface area (Å²) in [6, 6.07) is 19.8. The number of aromatic amines is 2. The lowest BCUT2D eigenvalue weighted by Crippen LogP contribution is -2.51. The summed E-state index contributed by atoms with van der Waals surface area (Å²) in [5, 5.41) is 5.48. The first-order valence-corrected chi connectivity index (χ1v) is 23.7. The molecule has 3 aromatic carbocycles. The third-order valence-corrected chi connectivity index (χ3v) is 13.9. The lowest BCUT2D eigenvalue weighted by molar-refractivity contribution is -0.136. The van der Waals surface area contributed by atoms with Crippen LogP contribution in [0.5, 0.6) is 0 Å². The first-order chi connectivity index (χ1) is 32.3. The van der Waals surface area contributed by atoms with Crippen molar-refractivity contribution in [3.63, 3.8) is 0 Å². The zero-order chi connectivity index (χ0) is 47.5. The summed E-state index contributed by atoms with van der Waals surface area (Å²) >= 11 is 0. The zero-order valence-corrected chi connectivity index (χ0v) is 40.0. The van der Waals surface area contributed by atoms with Crippen LogP contribution in [0.2, 0.25) is 0 Å². The number of nitrogens with one attached hydrogen (secondary N) is 4. The van der Waals surface area contributed by atoms with Gasteiger partial charge in [-0.1, -0.05) is 39.8 Å². The van der Waals surface area contributed by atoms with Crippen molar-refractivity contribution in [2.24, 2.45) is 11.8 Å². The molecule has 3 saturated heterocycles. The summed E-state index contributed by atoms with van der Waals surface area (Å²) in [5.74, 6) is 0.941. The first-order valence-electron chi connectivity index (χ1n) is 23.7. The van der Waals surface area contributed by atoms with Crippen molar-refractivity contribution in [1.29, 1.82) is 0 Å². The highest BCUT2D eigenvalue weighted by Crippen LogP contribution is 2.48. The summed E-state index contributed by atoms with van der Waals surface area (Å²) in [4.78, 5) is 77.8. The molecule has 3 aliphatic heterocycles. The van der Waals surface area contributed by atoms with E-state index < -0.39 is 24.3 Å². The fourth-order valence-electron chi connectivity index (χ4n) is 10.3. The summed E-state index contributed by atoms with van der Waals surface area (Å²) in [7, 11) is 6.39. The number of benzene rings is 3. The Kier molecular flexibility index (Phi) is 14.2. The maximum Gasteiger partial charge on any atom is 0.407 e. The van der Waals surface area contributed by atoms with E-state index in [-0.39, 0.29) is 47.8 Å². The van der Waals surface area contributed by atoms with Gasteiger partial charge in [-0.25, -0.2) is 19.6 Å². The monoisotopic (exact) mass is 919 g/mol. The number of nitrogens with zero attached hydrogens (tertiary/aromatic N) is 6. The van der Waals surface area contributed by atoms with Crippen molar-refractivity contribution in [3.8, 4) is 0 Å². The summed E-state index contributed by atoms with van der Waals surface area (Å²) in [5.41, 5.74) is 8.00. The lowest BCUT2D eigenvalue weighted by atomic mass is 10.0. The third kappa shape index (κ3) is 9.74. The molecule has 5 heterocycles. The number of carbonyl (C=O) groups is 4. The molecule has 5 aromatic rings. The first kappa shape index (κ1) is 47.1. The normalized spacial score (nSPS) is 20.5. The van der Waals surface area contributed by atoms with Crippen LogP contribution in [0, 0.1) is 11.8 Å². The van der Waals surface area contributed by atoms with Gasteiger partial charge in [0.25, 0.3) is 0 Å². The predicted molar refractivity (Wildman–Crippen MR) is 257 cm³/mol. The molecule has 0 radical (unpaired) electrons. The second-order valence-corrected chi connectivity index (χ2v) is 18.8. The largest absolute Gasteiger partial charge is 0.453 e. The number of hydrogen-bond donors (Lipinski definition) is 4. The van der Waals surface area contributed by atoms with Crippen LogP contribution in [0.4, 0.5) is 21.0 Å². The highest BCUT2D eigenvalue weighted by atomic mass is 16.5. The van der Waals surface area contributed by atoms with E-state index in [2.05, 4.69) is 98.1 Å². The van der Waals surface area contributed by atoms with Crippen molar-refractivity contribution in [1.82, 2.24) is 40.4 Å². The Morgan fingerprint density at radius 2 is 1.13 bits per heavy atom. The van der Waals surface area contributed by atoms with Crippen molar-refractivity contribution < 1.29 is 33.4 Å². The third-order valence-electron chi connectivity index (χ3n) is 13.9. The molecular formula is C50H66N10O7. The maximum absolute atomic E-state index is 13.9. The summed E-state index contributed by atoms with van der Waals surface area (Å²) in [6.45, 7) is 10.2. The van der Waals surface area contributed by atoms with Gasteiger partial charge in [-0.15, -0.1) is 0 Å². The van der Waals surface area contributed by atoms with Gasteiger partial charge < -0.3 is 54.4 Å². The van der Waals surface area contributed by atoms with Crippen molar-refractivity contribution >= 4 is 57.4 Å². The molecule has 358 valence electrons. The molecule has 2 aromatic heterocycles. The van der Waals surface area contributed by atoms with E-state index in [1.807, 2.05) is 37.5 Å². The van der Waals surface area contributed by atoms with Crippen LogP contribution in [0.15, 0.2) is 60.7 Å². The van der Waals surface area contributed by atoms with E-state index in [0.29, 0.717) is 19.7 Å². The number of ether oxygens (including phenoxy) is 3. The van der Waals surface area contributed by atoms with E-state index in [9.17, 15) is 19.2 Å². The number of anilines is 2. The molecule has 4 amide bonds. The Balaban J connectivity index is 1.09. The van der Waals surface area contributed by atoms with E-state index in [1.54, 1.807) is 7.11 Å². The number of imidazole rings is 2. The second kappa shape index (κ2) is 20.2. The number of likely N-dealkylation sites (N-methyl/N-ethyl adjacent to an activating group) is 1. The minimum absolute atomic E-state index is 0.0394. The van der Waals surface area contributed by atoms with Gasteiger partial charge in [0.05, 0.1) is 67.1 Å². The minimum Gasteiger partial charge on any atom is -0.453 e. The van der Waals surface area contributed by atoms with Gasteiger partial charge in [-0.3, -0.25) is 9.59 Å². The van der Waals surface area contributed by atoms with Gasteiger partial charge >= 0.3 is 12.2 Å². The molecule has 0 spiro atoms. The molecule has 67 heavy (non-hydrogen) atoms. The van der Waals surface area contributed by atoms with Gasteiger partial charge in [0.1, 0.15) is 23.7 Å². The average molecular weight is 919 g/mol. The molecular weight excluding hydrogens is 853 g/mol. The van der Waals surface area contributed by atoms with E-state index in [1.165, 1.54) is 14.2 Å². The van der Waals surface area contributed by atoms with E-state index in [0.717, 1.165) is 101 Å². The number of carbonyl (C=O) groups excluding carboxylic acids is 4. The number of likely N-dealkylation sites (tertiary alicyclic amines) is 2. The average Bonchev–Trinajstić information content (AvgIpc) is 4.19. The van der Waals surface area contributed by atoms with Crippen LogP contribution >= 0.6 is 0 Å². The van der Waals surface area contributed by atoms with Crippen molar-refractivity contribution in [2.75, 3.05) is 64.4 Å². The highest BCUT2D eigenvalue weighted by Gasteiger charge is 2.40. The topological polar surface area (TPSA) is 190 Å². The molecule has 17 heteroatoms. The Morgan fingerprint density at radius 3 is 1.55 bits per heavy atom. The maximum atomic E-state index is 13.9. The Labute approximate surface area is 392 Å². The van der Waals surface area contributed by atoms with Crippen LogP contribution in [0.25, 0.3) is 22.1 Å². The molecule has 17 nitrogen and oxygen atoms in total. The Hall–Kier alpha value is -6.36. The Bertz CT molecular complexity index is 2410. The highest BCUT2D eigenvalue weighted by molar-refractivity contribution is 5.87. The number of rotatable bonds is 15. The zero-order valence-electron chi connectivity index (χ0n) is 40.0. The molecule has 4 N–H and O–H groups in total. The number of hydrogen-bond acceptors (Lipinski definition) is 11. The van der Waals surface area contributed by atoms with Gasteiger partial charge in [0.2, 0.25) is 11.8 Å². The number of H-pyrrole nitrogens is 2. The van der Waals surface area contributed by atoms with Gasteiger partial charge in [0, 0.05) is 45.2 Å². The lowest BCUT2D eigenvalue weighted by Gasteiger charge is -2.34. The van der Waals surface area contributed by atoms with Crippen molar-refractivity contribution in [3.05, 3.63) is 83.4 Å². The SMILES string of the molecule is COCCN(C)c1ccc(N2[C@H](c3ccc4nc([C@@H]5CCCN5C(=O)[C@@H](NC(=O)OC)C(C)C)[nH]c4c3)CC[C@H]2c2ccc3nc([C@@H]4CCCN4C(=O)[C@@H](NC(=O)OC)C(C)C)[nH]c3c2)cc1. The summed E-state index contributed by atoms with van der Waals surface area (Å²) in [6.07, 6.45) is 3.76. The number of alkyl carbamates (subject to hydrolysis) is 2. The van der Waals surface area contributed by atoms with Crippen LogP contribution in [-0.2, 0) is 23.8 Å². The molecule has 0 bridgehead atoms. The van der Waals surface area contributed by atoms with E-state index in [4.69, 9.17) is 24.2 Å². The van der Waals surface area contributed by atoms with Gasteiger partial charge in [0.15, 0.2) is 0 Å². The standard InChI is InChI=1S/C50H66N10O7/c1-29(2)43(55-49(63)66-7)47(61)58-23-9-11-41(58)45-51-35-19-13-31(27-37(35)53-45)39-21-22-40(60(39)34-17-15-33(16-18-34)57(5)25-26-65-6)32-14-20-36-38(28-32)54-46(52-36)42-12-10-24-59(42)48(62)44(30(3)4)56-50(64)67-8/h13-20,27-30,39-44H,9-12,21-26H2,1-8H3,(H,51,53)(H,52,54)(H,55,63)(H,56,64)/t39-,40-,41-,42-,43-,44-/m0/s1. The predicted octanol–water partition coefficient (Wildman–Crippen LogP) is 7.69. The smallest absolute Gasteiger partial charge is 0.407 e. The fourth-order valence-corrected chi connectivity index (χ4v) is 10.3. The van der Waals surface area contributed by atoms with E-state index >= 15 is 0 Å². The van der Waals surface area contributed by atoms with Crippen LogP contribution in [0.3, 0.4) is 0 Å². The second-order valence-electron chi connectivity index (χ2n) is 18.8. The molecule has 0 saturated carbocycles. The van der Waals surface area contributed by atoms with Gasteiger partial charge in [-0.05, 0) is 110 Å². The fraction of sp³-hybridized carbons (Fsp3) is 0.520. The van der Waals surface area contributed by atoms with Crippen molar-refractivity contribution in [2.45, 2.75) is 102 Å². The van der Waals surface area contributed by atoms with Crippen LogP contribution < -0.4 is 20.4 Å². The molecule has 6 atom stereocenters. The molecule has 0 unspecified atom stereocenters. The minimum atomic E-state index is -0.713. The van der Waals surface area contributed by atoms with Crippen LogP contribution in [0.1, 0.15) is 113 Å². The molecule has 0 aliphatic carbocycles. The molecule has 3 aliphatic rings. The molecule has 8 rings (SSSR count). The quantitative estimate of drug-likeness (QED) is 0.0806. The van der Waals surface area contributed by atoms with Crippen LogP contribution in [-0.4, -0.2) is 120 Å². The Morgan fingerprint density at radius 1 is 0.672 bits per heavy atom. The number of fused-ring (bicyclic) bond motifs is 2. The number of amides is 4. The van der Waals surface area contributed by atoms with Gasteiger partial charge in [-0.2, -0.15) is 0 Å². The molecule has 3 fully saturated rings.